The van der Waals surface area contributed by atoms with Crippen LogP contribution in [0.2, 0.25) is 0 Å². The first-order valence-electron chi connectivity index (χ1n) is 20.7. The predicted octanol–water partition coefficient (Wildman–Crippen LogP) is 7.09. The summed E-state index contributed by atoms with van der Waals surface area (Å²) in [6.45, 7) is 12.7. The van der Waals surface area contributed by atoms with Crippen molar-refractivity contribution in [3.63, 3.8) is 0 Å². The lowest BCUT2D eigenvalue weighted by molar-refractivity contribution is -0.160. The van der Waals surface area contributed by atoms with Crippen LogP contribution < -0.4 is 27.4 Å². The number of ether oxygens (including phenoxy) is 2. The lowest BCUT2D eigenvalue weighted by Gasteiger charge is -2.34. The fourth-order valence-electron chi connectivity index (χ4n) is 7.34. The molecular weight excluding hydrogens is 811 g/mol. The van der Waals surface area contributed by atoms with E-state index in [2.05, 4.69) is 25.3 Å². The Morgan fingerprint density at radius 1 is 0.651 bits per heavy atom. The number of halogens is 2. The predicted molar refractivity (Wildman–Crippen MR) is 238 cm³/mol. The molecular formula is C45H52F2N12O4. The van der Waals surface area contributed by atoms with Crippen molar-refractivity contribution in [3.8, 4) is 22.5 Å². The van der Waals surface area contributed by atoms with Gasteiger partial charge in [-0.2, -0.15) is 9.97 Å². The van der Waals surface area contributed by atoms with Gasteiger partial charge in [-0.25, -0.2) is 33.5 Å². The van der Waals surface area contributed by atoms with Crippen LogP contribution in [0.5, 0.6) is 0 Å². The number of rotatable bonds is 6. The zero-order valence-corrected chi connectivity index (χ0v) is 36.1. The summed E-state index contributed by atoms with van der Waals surface area (Å²) in [4.78, 5) is 55.2. The molecule has 2 aliphatic heterocycles. The van der Waals surface area contributed by atoms with Crippen LogP contribution in [0.15, 0.2) is 72.8 Å². The van der Waals surface area contributed by atoms with Crippen molar-refractivity contribution in [2.45, 2.75) is 84.2 Å². The Morgan fingerprint density at radius 3 is 1.70 bits per heavy atom. The molecule has 0 saturated carbocycles. The number of piperidine rings is 1. The average molecular weight is 863 g/mol. The number of carbonyl (C=O) groups is 2. The number of anilines is 4. The van der Waals surface area contributed by atoms with Crippen LogP contribution in [0.4, 0.5) is 37.1 Å². The number of amides is 1. The molecule has 7 N–H and O–H groups in total. The van der Waals surface area contributed by atoms with Crippen LogP contribution >= 0.6 is 0 Å². The molecule has 2 aliphatic rings. The van der Waals surface area contributed by atoms with E-state index in [0.717, 1.165) is 24.0 Å². The summed E-state index contributed by atoms with van der Waals surface area (Å²) < 4.78 is 37.6. The fraction of sp³-hybridized carbons (Fsp3) is 0.378. The van der Waals surface area contributed by atoms with Gasteiger partial charge in [0.15, 0.2) is 11.6 Å². The monoisotopic (exact) mass is 862 g/mol. The van der Waals surface area contributed by atoms with Crippen LogP contribution in [-0.2, 0) is 14.3 Å². The summed E-state index contributed by atoms with van der Waals surface area (Å²) in [5, 5.41) is 3.43. The Hall–Kier alpha value is -6.82. The molecule has 0 radical (unpaired) electrons. The molecule has 63 heavy (non-hydrogen) atoms. The fourth-order valence-corrected chi connectivity index (χ4v) is 7.34. The van der Waals surface area contributed by atoms with Gasteiger partial charge in [0.05, 0.1) is 34.5 Å². The Kier molecular flexibility index (Phi) is 12.6. The van der Waals surface area contributed by atoms with Gasteiger partial charge >= 0.3 is 12.1 Å². The summed E-state index contributed by atoms with van der Waals surface area (Å²) in [6, 6.07) is 19.6. The topological polar surface area (TPSA) is 227 Å². The molecule has 6 heterocycles. The maximum Gasteiger partial charge on any atom is 0.410 e. The maximum atomic E-state index is 13.3. The first kappa shape index (κ1) is 44.2. The highest BCUT2D eigenvalue weighted by Gasteiger charge is 2.40. The van der Waals surface area contributed by atoms with Gasteiger partial charge in [-0.1, -0.05) is 0 Å². The third kappa shape index (κ3) is 10.8. The molecule has 2 saturated heterocycles. The molecule has 2 atom stereocenters. The van der Waals surface area contributed by atoms with Crippen molar-refractivity contribution in [1.29, 1.82) is 0 Å². The molecule has 2 aromatic carbocycles. The highest BCUT2D eigenvalue weighted by Crippen LogP contribution is 2.34. The molecule has 8 rings (SSSR count). The molecule has 4 aromatic heterocycles. The van der Waals surface area contributed by atoms with Crippen molar-refractivity contribution >= 4 is 57.7 Å². The van der Waals surface area contributed by atoms with Crippen molar-refractivity contribution < 1.29 is 27.8 Å². The second kappa shape index (κ2) is 17.9. The molecule has 0 bridgehead atoms. The first-order valence-corrected chi connectivity index (χ1v) is 20.7. The number of aromatic nitrogens is 6. The highest BCUT2D eigenvalue weighted by molar-refractivity contribution is 5.90. The van der Waals surface area contributed by atoms with E-state index in [1.807, 2.05) is 58.6 Å². The molecule has 0 aliphatic carbocycles. The number of hydrogen-bond donors (Lipinski definition) is 4. The number of nitrogens with two attached hydrogens (primary N) is 3. The normalized spacial score (nSPS) is 17.0. The van der Waals surface area contributed by atoms with Crippen molar-refractivity contribution in [2.24, 2.45) is 11.7 Å². The van der Waals surface area contributed by atoms with Crippen molar-refractivity contribution in [1.82, 2.24) is 34.8 Å². The van der Waals surface area contributed by atoms with E-state index in [1.54, 1.807) is 41.3 Å². The Balaban J connectivity index is 0.000000189. The number of likely N-dealkylation sites (tertiary alicyclic amines) is 1. The third-order valence-corrected chi connectivity index (χ3v) is 10.3. The van der Waals surface area contributed by atoms with Gasteiger partial charge in [0.2, 0.25) is 11.9 Å². The van der Waals surface area contributed by atoms with E-state index in [4.69, 9.17) is 36.6 Å². The van der Waals surface area contributed by atoms with Gasteiger partial charge in [0.1, 0.15) is 33.9 Å². The van der Waals surface area contributed by atoms with Crippen LogP contribution in [-0.4, -0.2) is 89.9 Å². The SMILES string of the molecule is CC(C)(C)OC(=O)C1CCN(c2nc(N)nc3ccc(-c4ccc(F)cc4)nc23)[C@@H]1N.CC(C)(C)OC(=O)N1CCC(Nc2nc(N)nc3ccc(-c4ccc(F)cc4)nc23)CC1. The van der Waals surface area contributed by atoms with Gasteiger partial charge in [0.25, 0.3) is 0 Å². The van der Waals surface area contributed by atoms with E-state index in [1.165, 1.54) is 24.3 Å². The van der Waals surface area contributed by atoms with Gasteiger partial charge < -0.3 is 41.8 Å². The molecule has 1 unspecified atom stereocenters. The maximum absolute atomic E-state index is 13.3. The van der Waals surface area contributed by atoms with E-state index in [0.29, 0.717) is 71.1 Å². The van der Waals surface area contributed by atoms with Crippen LogP contribution in [0.25, 0.3) is 44.6 Å². The van der Waals surface area contributed by atoms with Gasteiger partial charge in [-0.3, -0.25) is 4.79 Å². The number of pyridine rings is 2. The van der Waals surface area contributed by atoms with E-state index >= 15 is 0 Å². The molecule has 6 aromatic rings. The standard InChI is InChI=1S/C23H27FN6O2.C22H25FN6O2/c1-23(2,3)32-22(31)30-12-10-16(11-13-30)26-20-19-18(28-21(25)29-20)9-8-17(27-19)14-4-6-15(24)7-5-14;1-22(2,3)31-20(30)14-10-11-29(18(14)24)19-17-16(27-21(25)28-19)9-8-15(26-17)12-4-6-13(23)7-5-12/h4-9,16H,10-13H2,1-3H3,(H3,25,26,28,29);4-9,14,18H,10-11,24H2,1-3H3,(H2,25,27,28)/t;14?,18-/m.0/s1. The minimum Gasteiger partial charge on any atom is -0.460 e. The number of esters is 1. The number of nitrogen functional groups attached to an aromatic ring is 2. The van der Waals surface area contributed by atoms with Crippen molar-refractivity contribution in [3.05, 3.63) is 84.4 Å². The zero-order valence-electron chi connectivity index (χ0n) is 36.1. The zero-order chi connectivity index (χ0) is 45.2. The smallest absolute Gasteiger partial charge is 0.410 e. The molecule has 2 fully saturated rings. The Labute approximate surface area is 363 Å². The highest BCUT2D eigenvalue weighted by atomic mass is 19.1. The summed E-state index contributed by atoms with van der Waals surface area (Å²) >= 11 is 0. The number of fused-ring (bicyclic) bond motifs is 2. The number of nitrogens with one attached hydrogen (secondary N) is 1. The van der Waals surface area contributed by atoms with Crippen LogP contribution in [0.3, 0.4) is 0 Å². The number of nitrogens with zero attached hydrogens (tertiary/aromatic N) is 8. The molecule has 0 spiro atoms. The quantitative estimate of drug-likeness (QED) is 0.123. The summed E-state index contributed by atoms with van der Waals surface area (Å²) in [5.74, 6) is -0.200. The number of benzene rings is 2. The van der Waals surface area contributed by atoms with Crippen molar-refractivity contribution in [2.75, 3.05) is 41.3 Å². The summed E-state index contributed by atoms with van der Waals surface area (Å²) in [5.41, 5.74) is 22.3. The summed E-state index contributed by atoms with van der Waals surface area (Å²) in [7, 11) is 0. The van der Waals surface area contributed by atoms with Crippen LogP contribution in [0.1, 0.15) is 60.8 Å². The molecule has 16 nitrogen and oxygen atoms in total. The molecule has 1 amide bonds. The summed E-state index contributed by atoms with van der Waals surface area (Å²) in [6.07, 6.45) is 1.07. The minimum atomic E-state index is -0.636. The largest absolute Gasteiger partial charge is 0.460 e. The Bertz CT molecular complexity index is 2610. The Morgan fingerprint density at radius 2 is 1.16 bits per heavy atom. The minimum absolute atomic E-state index is 0.0896. The molecule has 18 heteroatoms. The second-order valence-electron chi connectivity index (χ2n) is 17.5. The number of carbonyl (C=O) groups excluding carboxylic acids is 2. The van der Waals surface area contributed by atoms with Gasteiger partial charge in [-0.05, 0) is 134 Å². The molecule has 330 valence electrons. The van der Waals surface area contributed by atoms with Crippen LogP contribution in [0, 0.1) is 17.6 Å². The van der Waals surface area contributed by atoms with E-state index in [9.17, 15) is 18.4 Å². The first-order chi connectivity index (χ1) is 29.8. The lowest BCUT2D eigenvalue weighted by Crippen LogP contribution is -2.45. The number of hydrogen-bond acceptors (Lipinski definition) is 15. The van der Waals surface area contributed by atoms with E-state index in [-0.39, 0.29) is 41.6 Å². The third-order valence-electron chi connectivity index (χ3n) is 10.3. The van der Waals surface area contributed by atoms with E-state index < -0.39 is 23.3 Å². The average Bonchev–Trinajstić information content (AvgIpc) is 3.61. The van der Waals surface area contributed by atoms with Gasteiger partial charge in [-0.15, -0.1) is 0 Å². The van der Waals surface area contributed by atoms with Gasteiger partial charge in [0, 0.05) is 36.8 Å². The lowest BCUT2D eigenvalue weighted by atomic mass is 10.1. The second-order valence-corrected chi connectivity index (χ2v) is 17.5.